The highest BCUT2D eigenvalue weighted by Crippen LogP contribution is 2.68. The van der Waals surface area contributed by atoms with Crippen molar-refractivity contribution >= 4 is 91.2 Å². The van der Waals surface area contributed by atoms with Gasteiger partial charge in [-0.15, -0.1) is 0 Å². The molecule has 4 unspecified atom stereocenters. The minimum atomic E-state index is 0.247. The Hall–Kier alpha value is -11.2. The summed E-state index contributed by atoms with van der Waals surface area (Å²) in [6.45, 7) is 12.6. The predicted molar refractivity (Wildman–Crippen MR) is 483 cm³/mol. The number of hydrogen-bond donors (Lipinski definition) is 0. The van der Waals surface area contributed by atoms with Gasteiger partial charge in [0, 0.05) is 68.2 Å². The Labute approximate surface area is 678 Å². The Kier molecular flexibility index (Phi) is 19.8. The molecule has 0 saturated heterocycles. The Bertz CT molecular complexity index is 5500. The first-order valence-corrected chi connectivity index (χ1v) is 43.0. The van der Waals surface area contributed by atoms with Crippen LogP contribution < -0.4 is 19.6 Å². The fourth-order valence-corrected chi connectivity index (χ4v) is 23.2. The summed E-state index contributed by atoms with van der Waals surface area (Å²) in [5.74, 6) is 3.26. The second-order valence-electron chi connectivity index (χ2n) is 35.4. The van der Waals surface area contributed by atoms with Crippen LogP contribution in [-0.2, 0) is 47.3 Å². The quantitative estimate of drug-likeness (QED) is 0.0598. The molecule has 8 saturated carbocycles. The standard InChI is InChI=1S/C56H54N2.C54H54N2/c1-3-5-11-42-18-25-50(26-19-42)57(52-30-32-53(33-31-52)58(49-14-7-6-8-15-49)54-27-20-45-12-9-10-13-46(45)35-54)51-28-23-48(24-29-51)56-38-43-34-44(39-56)37-55(36-43,40-56)47-21-16-41(4-2)17-22-47;1-3-5-9-40-14-23-48(24-15-40)55(50-28-30-51(31-29-50)56(47-10-7-6-8-11-47)52-25-18-43-16-17-44(43)33-52)49-26-21-46(22-27-49)54-36-41-32-42(37-54)35-53(34-41,38-54)45-19-12-39(4-2)13-20-45/h4,6-10,12-33,35,43-44H,2-3,5,11,34,36-40H2,1H3;4,6-8,10-15,18-31,33,41-42H,2-3,5,9,16-17,32,34-38H2,1H3. The molecule has 9 aliphatic carbocycles. The topological polar surface area (TPSA) is 13.0 Å². The number of fused-ring (bicyclic) bond motifs is 2. The van der Waals surface area contributed by atoms with E-state index in [0.717, 1.165) is 59.3 Å². The summed E-state index contributed by atoms with van der Waals surface area (Å²) in [7, 11) is 0. The van der Waals surface area contributed by atoms with Crippen molar-refractivity contribution in [2.75, 3.05) is 19.6 Å². The van der Waals surface area contributed by atoms with Gasteiger partial charge in [0.2, 0.25) is 0 Å². The summed E-state index contributed by atoms with van der Waals surface area (Å²) in [6.07, 6.45) is 29.5. The molecule has 0 aliphatic heterocycles. The van der Waals surface area contributed by atoms with E-state index in [1.165, 1.54) is 211 Å². The summed E-state index contributed by atoms with van der Waals surface area (Å²) < 4.78 is 0. The maximum atomic E-state index is 4.01. The molecular weight excluding hydrogens is 1380 g/mol. The molecule has 13 aromatic rings. The fourth-order valence-electron chi connectivity index (χ4n) is 23.2. The minimum absolute atomic E-state index is 0.247. The van der Waals surface area contributed by atoms with Crippen molar-refractivity contribution in [3.8, 4) is 0 Å². The van der Waals surface area contributed by atoms with E-state index in [1.807, 2.05) is 12.2 Å². The van der Waals surface area contributed by atoms with E-state index in [2.05, 4.69) is 362 Å². The third-order valence-corrected chi connectivity index (χ3v) is 28.0. The maximum Gasteiger partial charge on any atom is 0.0468 e. The maximum absolute atomic E-state index is 4.01. The first kappa shape index (κ1) is 73.0. The monoisotopic (exact) mass is 1480 g/mol. The Morgan fingerprint density at radius 2 is 0.561 bits per heavy atom. The van der Waals surface area contributed by atoms with Crippen molar-refractivity contribution < 1.29 is 0 Å². The molecular formula is C110H108N4. The van der Waals surface area contributed by atoms with Gasteiger partial charge in [0.05, 0.1) is 0 Å². The number of nitrogens with zero attached hydrogens (tertiary/aromatic N) is 4. The van der Waals surface area contributed by atoms with Gasteiger partial charge < -0.3 is 19.6 Å². The third kappa shape index (κ3) is 14.1. The van der Waals surface area contributed by atoms with Crippen LogP contribution >= 0.6 is 0 Å². The molecule has 13 aromatic carbocycles. The molecule has 8 bridgehead atoms. The van der Waals surface area contributed by atoms with Crippen molar-refractivity contribution in [2.24, 2.45) is 23.7 Å². The van der Waals surface area contributed by atoms with E-state index in [9.17, 15) is 0 Å². The number of anilines is 12. The highest BCUT2D eigenvalue weighted by atomic mass is 15.2. The largest absolute Gasteiger partial charge is 0.311 e. The smallest absolute Gasteiger partial charge is 0.0468 e. The molecule has 0 N–H and O–H groups in total. The van der Waals surface area contributed by atoms with Crippen molar-refractivity contribution in [1.29, 1.82) is 0 Å². The molecule has 0 spiro atoms. The Morgan fingerprint density at radius 1 is 0.281 bits per heavy atom. The number of hydrogen-bond acceptors (Lipinski definition) is 4. The van der Waals surface area contributed by atoms with E-state index in [-0.39, 0.29) is 16.2 Å². The number of rotatable bonds is 24. The van der Waals surface area contributed by atoms with Gasteiger partial charge in [-0.1, -0.05) is 222 Å². The number of aryl methyl sites for hydroxylation is 4. The Balaban J connectivity index is 0.000000153. The lowest BCUT2D eigenvalue weighted by molar-refractivity contribution is -0.0282. The van der Waals surface area contributed by atoms with E-state index in [4.69, 9.17) is 0 Å². The van der Waals surface area contributed by atoms with E-state index in [0.29, 0.717) is 5.41 Å². The average molecular weight is 1490 g/mol. The van der Waals surface area contributed by atoms with Crippen LogP contribution in [0.5, 0.6) is 0 Å². The first-order valence-electron chi connectivity index (χ1n) is 43.0. The van der Waals surface area contributed by atoms with Crippen molar-refractivity contribution in [3.05, 3.63) is 384 Å². The zero-order valence-corrected chi connectivity index (χ0v) is 66.8. The van der Waals surface area contributed by atoms with Crippen molar-refractivity contribution in [2.45, 2.75) is 164 Å². The van der Waals surface area contributed by atoms with Gasteiger partial charge in [-0.3, -0.25) is 0 Å². The molecule has 4 atom stereocenters. The van der Waals surface area contributed by atoms with Crippen LogP contribution in [0.3, 0.4) is 0 Å². The molecule has 0 amide bonds. The lowest BCUT2D eigenvalue weighted by Crippen LogP contribution is -2.55. The van der Waals surface area contributed by atoms with Crippen LogP contribution in [0.2, 0.25) is 0 Å². The first-order chi connectivity index (χ1) is 56.0. The third-order valence-electron chi connectivity index (χ3n) is 28.0. The van der Waals surface area contributed by atoms with Crippen LogP contribution in [0, 0.1) is 23.7 Å². The summed E-state index contributed by atoms with van der Waals surface area (Å²) in [4.78, 5) is 9.67. The minimum Gasteiger partial charge on any atom is -0.311 e. The predicted octanol–water partition coefficient (Wildman–Crippen LogP) is 30.1. The van der Waals surface area contributed by atoms with Gasteiger partial charge in [-0.2, -0.15) is 0 Å². The molecule has 4 nitrogen and oxygen atoms in total. The molecule has 114 heavy (non-hydrogen) atoms. The van der Waals surface area contributed by atoms with Crippen LogP contribution in [0.15, 0.2) is 329 Å². The molecule has 0 aromatic heterocycles. The zero-order chi connectivity index (χ0) is 76.8. The van der Waals surface area contributed by atoms with Crippen LogP contribution in [0.4, 0.5) is 68.2 Å². The summed E-state index contributed by atoms with van der Waals surface area (Å²) in [6, 6.07) is 119. The molecule has 0 radical (unpaired) electrons. The summed E-state index contributed by atoms with van der Waals surface area (Å²) in [5, 5.41) is 2.48. The summed E-state index contributed by atoms with van der Waals surface area (Å²) >= 11 is 0. The zero-order valence-electron chi connectivity index (χ0n) is 66.8. The molecule has 4 heteroatoms. The average Bonchev–Trinajstić information content (AvgIpc) is 0.709. The lowest BCUT2D eigenvalue weighted by Gasteiger charge is -2.63. The second-order valence-corrected chi connectivity index (χ2v) is 35.4. The van der Waals surface area contributed by atoms with E-state index >= 15 is 0 Å². The van der Waals surface area contributed by atoms with Crippen LogP contribution in [-0.4, -0.2) is 0 Å². The normalized spacial score (nSPS) is 22.4. The van der Waals surface area contributed by atoms with Crippen molar-refractivity contribution in [3.63, 3.8) is 0 Å². The molecule has 22 rings (SSSR count). The van der Waals surface area contributed by atoms with Gasteiger partial charge in [0.25, 0.3) is 0 Å². The van der Waals surface area contributed by atoms with Crippen LogP contribution in [0.1, 0.15) is 172 Å². The molecule has 0 heterocycles. The lowest BCUT2D eigenvalue weighted by atomic mass is 9.41. The summed E-state index contributed by atoms with van der Waals surface area (Å²) in [5.41, 5.74) is 29.6. The number of unbranched alkanes of at least 4 members (excludes halogenated alkanes) is 2. The van der Waals surface area contributed by atoms with Crippen molar-refractivity contribution in [1.82, 2.24) is 0 Å². The highest BCUT2D eigenvalue weighted by Gasteiger charge is 2.60. The van der Waals surface area contributed by atoms with E-state index < -0.39 is 0 Å². The van der Waals surface area contributed by atoms with E-state index in [1.54, 1.807) is 16.7 Å². The van der Waals surface area contributed by atoms with Gasteiger partial charge in [-0.05, 0) is 373 Å². The Morgan fingerprint density at radius 3 is 0.895 bits per heavy atom. The van der Waals surface area contributed by atoms with Crippen LogP contribution in [0.25, 0.3) is 22.9 Å². The fraction of sp³-hybridized carbons (Fsp3) is 0.273. The van der Waals surface area contributed by atoms with Gasteiger partial charge in [0.15, 0.2) is 0 Å². The SMILES string of the molecule is C=Cc1ccc(C23CC4CC(C2)CC(c2ccc(N(c5ccc(CCCC)cc5)c5ccc(N(c6ccccc6)c6ccc7c(c6)CC7)cc5)cc2)(C4)C3)cc1.C=Cc1ccc(C23CC4CC(C2)CC(c2ccc(N(c5ccc(CCCC)cc5)c5ccc(N(c6ccccc6)c6ccc7ccccc7c6)cc5)cc2)(C4)C3)cc1. The van der Waals surface area contributed by atoms with Gasteiger partial charge in [0.1, 0.15) is 0 Å². The van der Waals surface area contributed by atoms with Gasteiger partial charge in [-0.25, -0.2) is 0 Å². The molecule has 8 fully saturated rings. The second kappa shape index (κ2) is 31.0. The molecule has 568 valence electrons. The highest BCUT2D eigenvalue weighted by molar-refractivity contribution is 5.90. The van der Waals surface area contributed by atoms with Gasteiger partial charge >= 0.3 is 0 Å². The molecule has 9 aliphatic rings. The number of benzene rings is 13. The number of para-hydroxylation sites is 2.